The lowest BCUT2D eigenvalue weighted by Crippen LogP contribution is -2.37. The first-order valence-electron chi connectivity index (χ1n) is 8.74. The highest BCUT2D eigenvalue weighted by atomic mass is 32.1. The fourth-order valence-electron chi connectivity index (χ4n) is 2.99. The van der Waals surface area contributed by atoms with Gasteiger partial charge in [-0.1, -0.05) is 18.7 Å². The highest BCUT2D eigenvalue weighted by molar-refractivity contribution is 7.12. The van der Waals surface area contributed by atoms with E-state index in [-0.39, 0.29) is 17.7 Å². The molecule has 2 heterocycles. The van der Waals surface area contributed by atoms with Crippen LogP contribution in [0.3, 0.4) is 0 Å². The van der Waals surface area contributed by atoms with Crippen LogP contribution in [0.15, 0.2) is 54.4 Å². The van der Waals surface area contributed by atoms with Gasteiger partial charge in [0.1, 0.15) is 0 Å². The smallest absolute Gasteiger partial charge is 0.263 e. The van der Waals surface area contributed by atoms with Crippen LogP contribution >= 0.6 is 11.3 Å². The van der Waals surface area contributed by atoms with Crippen molar-refractivity contribution in [2.75, 3.05) is 31.5 Å². The van der Waals surface area contributed by atoms with Crippen molar-refractivity contribution in [2.24, 2.45) is 0 Å². The van der Waals surface area contributed by atoms with E-state index in [0.717, 1.165) is 11.3 Å². The fraction of sp³-hybridized carbons (Fsp3) is 0.250. The normalized spacial score (nSPS) is 14.4. The Labute approximate surface area is 162 Å². The number of hydrogen-bond donors (Lipinski definition) is 1. The summed E-state index contributed by atoms with van der Waals surface area (Å²) in [6.07, 6.45) is 1.91. The predicted octanol–water partition coefficient (Wildman–Crippen LogP) is 2.86. The Morgan fingerprint density at radius 1 is 1.00 bits per heavy atom. The van der Waals surface area contributed by atoms with Crippen molar-refractivity contribution in [1.82, 2.24) is 9.80 Å². The van der Waals surface area contributed by atoms with Crippen molar-refractivity contribution in [3.05, 3.63) is 64.9 Å². The van der Waals surface area contributed by atoms with Crippen molar-refractivity contribution in [2.45, 2.75) is 6.42 Å². The lowest BCUT2D eigenvalue weighted by atomic mass is 10.1. The van der Waals surface area contributed by atoms with Gasteiger partial charge >= 0.3 is 0 Å². The molecule has 7 heteroatoms. The van der Waals surface area contributed by atoms with E-state index in [9.17, 15) is 14.4 Å². The summed E-state index contributed by atoms with van der Waals surface area (Å²) in [5.41, 5.74) is 1.06. The summed E-state index contributed by atoms with van der Waals surface area (Å²) in [5.74, 6) is -0.402. The molecule has 0 spiro atoms. The number of benzene rings is 1. The van der Waals surface area contributed by atoms with E-state index in [1.54, 1.807) is 34.1 Å². The maximum atomic E-state index is 12.9. The number of nitrogens with zero attached hydrogens (tertiary/aromatic N) is 2. The monoisotopic (exact) mass is 383 g/mol. The van der Waals surface area contributed by atoms with E-state index in [0.29, 0.717) is 37.4 Å². The summed E-state index contributed by atoms with van der Waals surface area (Å²) >= 11 is 1.43. The maximum Gasteiger partial charge on any atom is 0.263 e. The first kappa shape index (κ1) is 18.8. The second kappa shape index (κ2) is 8.64. The molecule has 27 heavy (non-hydrogen) atoms. The summed E-state index contributed by atoms with van der Waals surface area (Å²) in [6.45, 7) is 5.64. The van der Waals surface area contributed by atoms with Crippen LogP contribution in [0.2, 0.25) is 0 Å². The highest BCUT2D eigenvalue weighted by Gasteiger charge is 2.24. The highest BCUT2D eigenvalue weighted by Crippen LogP contribution is 2.17. The van der Waals surface area contributed by atoms with Crippen molar-refractivity contribution in [3.63, 3.8) is 0 Å². The van der Waals surface area contributed by atoms with Crippen LogP contribution < -0.4 is 5.32 Å². The van der Waals surface area contributed by atoms with Gasteiger partial charge in [0, 0.05) is 37.4 Å². The standard InChI is InChI=1S/C20H21N3O3S/c1-2-18(24)21-16-7-3-6-15(14-16)19(25)22-9-5-10-23(12-11-22)20(26)17-8-4-13-27-17/h2-4,6-8,13-14H,1,5,9-12H2,(H,21,24). The number of rotatable bonds is 4. The van der Waals surface area contributed by atoms with Crippen LogP contribution in [0.4, 0.5) is 5.69 Å². The average molecular weight is 383 g/mol. The largest absolute Gasteiger partial charge is 0.337 e. The van der Waals surface area contributed by atoms with Gasteiger partial charge in [-0.2, -0.15) is 0 Å². The molecule has 2 aromatic rings. The molecule has 1 saturated heterocycles. The predicted molar refractivity (Wildman–Crippen MR) is 106 cm³/mol. The van der Waals surface area contributed by atoms with E-state index in [1.165, 1.54) is 17.4 Å². The molecule has 3 amide bonds. The minimum absolute atomic E-state index is 0.0217. The Balaban J connectivity index is 1.66. The van der Waals surface area contributed by atoms with Gasteiger partial charge in [-0.15, -0.1) is 11.3 Å². The number of carbonyl (C=O) groups is 3. The van der Waals surface area contributed by atoms with Gasteiger partial charge in [0.05, 0.1) is 4.88 Å². The Morgan fingerprint density at radius 3 is 2.41 bits per heavy atom. The molecule has 1 aliphatic heterocycles. The number of thiophene rings is 1. The molecule has 0 unspecified atom stereocenters. The minimum atomic E-state index is -0.322. The molecule has 0 saturated carbocycles. The lowest BCUT2D eigenvalue weighted by molar-refractivity contribution is -0.111. The van der Waals surface area contributed by atoms with Gasteiger partial charge in [-0.3, -0.25) is 14.4 Å². The second-order valence-corrected chi connectivity index (χ2v) is 7.14. The summed E-state index contributed by atoms with van der Waals surface area (Å²) in [7, 11) is 0. The van der Waals surface area contributed by atoms with Gasteiger partial charge in [0.2, 0.25) is 5.91 Å². The number of hydrogen-bond acceptors (Lipinski definition) is 4. The molecule has 0 aliphatic carbocycles. The molecule has 1 aliphatic rings. The quantitative estimate of drug-likeness (QED) is 0.826. The zero-order chi connectivity index (χ0) is 19.2. The first-order chi connectivity index (χ1) is 13.1. The van der Waals surface area contributed by atoms with Gasteiger partial charge in [-0.05, 0) is 42.1 Å². The molecule has 0 atom stereocenters. The number of amides is 3. The summed E-state index contributed by atoms with van der Waals surface area (Å²) in [4.78, 5) is 41.1. The topological polar surface area (TPSA) is 69.7 Å². The molecule has 1 N–H and O–H groups in total. The molecule has 140 valence electrons. The van der Waals surface area contributed by atoms with E-state index in [1.807, 2.05) is 17.5 Å². The van der Waals surface area contributed by atoms with E-state index in [2.05, 4.69) is 11.9 Å². The third-order valence-electron chi connectivity index (χ3n) is 4.36. The molecular formula is C20H21N3O3S. The zero-order valence-electron chi connectivity index (χ0n) is 14.9. The van der Waals surface area contributed by atoms with Gasteiger partial charge < -0.3 is 15.1 Å². The summed E-state index contributed by atoms with van der Waals surface area (Å²) in [6, 6.07) is 10.5. The average Bonchev–Trinajstić information content (AvgIpc) is 3.11. The van der Waals surface area contributed by atoms with Gasteiger partial charge in [0.15, 0.2) is 0 Å². The SMILES string of the molecule is C=CC(=O)Nc1cccc(C(=O)N2CCCN(C(=O)c3cccs3)CC2)c1. The summed E-state index contributed by atoms with van der Waals surface area (Å²) in [5, 5.41) is 4.55. The zero-order valence-corrected chi connectivity index (χ0v) is 15.7. The number of nitrogens with one attached hydrogen (secondary N) is 1. The van der Waals surface area contributed by atoms with E-state index >= 15 is 0 Å². The molecule has 1 aromatic carbocycles. The molecular weight excluding hydrogens is 362 g/mol. The molecule has 3 rings (SSSR count). The van der Waals surface area contributed by atoms with Gasteiger partial charge in [-0.25, -0.2) is 0 Å². The van der Waals surface area contributed by atoms with Crippen molar-refractivity contribution in [3.8, 4) is 0 Å². The number of anilines is 1. The maximum absolute atomic E-state index is 12.9. The lowest BCUT2D eigenvalue weighted by Gasteiger charge is -2.22. The Kier molecular flexibility index (Phi) is 6.03. The Bertz CT molecular complexity index is 848. The molecule has 6 nitrogen and oxygen atoms in total. The fourth-order valence-corrected chi connectivity index (χ4v) is 3.68. The van der Waals surface area contributed by atoms with Crippen LogP contribution in [0, 0.1) is 0 Å². The summed E-state index contributed by atoms with van der Waals surface area (Å²) < 4.78 is 0. The van der Waals surface area contributed by atoms with E-state index < -0.39 is 0 Å². The minimum Gasteiger partial charge on any atom is -0.337 e. The number of carbonyl (C=O) groups excluding carboxylic acids is 3. The third-order valence-corrected chi connectivity index (χ3v) is 5.22. The van der Waals surface area contributed by atoms with Crippen LogP contribution in [0.5, 0.6) is 0 Å². The van der Waals surface area contributed by atoms with Gasteiger partial charge in [0.25, 0.3) is 11.8 Å². The van der Waals surface area contributed by atoms with Crippen molar-refractivity contribution < 1.29 is 14.4 Å². The molecule has 1 aromatic heterocycles. The van der Waals surface area contributed by atoms with Crippen LogP contribution in [0.1, 0.15) is 26.5 Å². The Morgan fingerprint density at radius 2 is 1.74 bits per heavy atom. The van der Waals surface area contributed by atoms with Crippen molar-refractivity contribution in [1.29, 1.82) is 0 Å². The third kappa shape index (κ3) is 4.62. The first-order valence-corrected chi connectivity index (χ1v) is 9.62. The van der Waals surface area contributed by atoms with Crippen LogP contribution in [0.25, 0.3) is 0 Å². The molecule has 0 radical (unpaired) electrons. The van der Waals surface area contributed by atoms with Crippen LogP contribution in [-0.4, -0.2) is 53.7 Å². The second-order valence-electron chi connectivity index (χ2n) is 6.19. The Hall–Kier alpha value is -2.93. The molecule has 1 fully saturated rings. The van der Waals surface area contributed by atoms with Crippen molar-refractivity contribution >= 4 is 34.7 Å². The molecule has 0 bridgehead atoms. The van der Waals surface area contributed by atoms with Crippen LogP contribution in [-0.2, 0) is 4.79 Å². The van der Waals surface area contributed by atoms with E-state index in [4.69, 9.17) is 0 Å².